The quantitative estimate of drug-likeness (QED) is 0.474. The van der Waals surface area contributed by atoms with Gasteiger partial charge in [-0.15, -0.1) is 0 Å². The normalized spacial score (nSPS) is 12.7. The Hall–Kier alpha value is -1.81. The van der Waals surface area contributed by atoms with E-state index in [0.717, 1.165) is 20.6 Å². The average Bonchev–Trinajstić information content (AvgIpc) is 2.71. The summed E-state index contributed by atoms with van der Waals surface area (Å²) in [6.45, 7) is 6.67. The molecule has 34 heavy (non-hydrogen) atoms. The molecule has 2 aromatic carbocycles. The third-order valence-electron chi connectivity index (χ3n) is 4.81. The van der Waals surface area contributed by atoms with Crippen LogP contribution in [0.15, 0.2) is 46.9 Å². The van der Waals surface area contributed by atoms with Gasteiger partial charge in [0.1, 0.15) is 12.6 Å². The molecule has 2 amide bonds. The van der Waals surface area contributed by atoms with Gasteiger partial charge >= 0.3 is 0 Å². The van der Waals surface area contributed by atoms with Gasteiger partial charge in [-0.1, -0.05) is 57.3 Å². The summed E-state index contributed by atoms with van der Waals surface area (Å²) >= 11 is 15.7. The number of anilines is 1. The van der Waals surface area contributed by atoms with Crippen LogP contribution in [0.1, 0.15) is 33.3 Å². The van der Waals surface area contributed by atoms with Crippen molar-refractivity contribution in [3.8, 4) is 0 Å². The smallest absolute Gasteiger partial charge is 0.244 e. The van der Waals surface area contributed by atoms with Gasteiger partial charge < -0.3 is 10.2 Å². The van der Waals surface area contributed by atoms with E-state index in [4.69, 9.17) is 23.2 Å². The Bertz CT molecular complexity index is 1150. The Morgan fingerprint density at radius 2 is 1.68 bits per heavy atom. The van der Waals surface area contributed by atoms with Crippen molar-refractivity contribution in [2.75, 3.05) is 17.1 Å². The fourth-order valence-electron chi connectivity index (χ4n) is 3.12. The Kier molecular flexibility index (Phi) is 9.44. The monoisotopic (exact) mass is 591 g/mol. The SMILES string of the molecule is C[C@@H](C(=O)NC(C)(C)C)N(Cc1ccc(Br)cc1)C(=O)CN(c1cccc(Cl)c1Cl)S(C)(=O)=O. The maximum absolute atomic E-state index is 13.5. The van der Waals surface area contributed by atoms with Gasteiger partial charge in [0.25, 0.3) is 0 Å². The third-order valence-corrected chi connectivity index (χ3v) is 7.27. The summed E-state index contributed by atoms with van der Waals surface area (Å²) < 4.78 is 27.0. The number of amides is 2. The second-order valence-corrected chi connectivity index (χ2v) is 12.5. The molecule has 11 heteroatoms. The molecule has 0 radical (unpaired) electrons. The lowest BCUT2D eigenvalue weighted by molar-refractivity contribution is -0.140. The van der Waals surface area contributed by atoms with E-state index < -0.39 is 34.1 Å². The van der Waals surface area contributed by atoms with Crippen molar-refractivity contribution in [3.63, 3.8) is 0 Å². The lowest BCUT2D eigenvalue weighted by Gasteiger charge is -2.33. The molecule has 0 aliphatic heterocycles. The number of benzene rings is 2. The van der Waals surface area contributed by atoms with E-state index in [1.54, 1.807) is 13.0 Å². The van der Waals surface area contributed by atoms with Gasteiger partial charge in [0.05, 0.1) is 22.0 Å². The summed E-state index contributed by atoms with van der Waals surface area (Å²) in [5.74, 6) is -0.925. The highest BCUT2D eigenvalue weighted by Gasteiger charge is 2.32. The van der Waals surface area contributed by atoms with Crippen LogP contribution in [-0.4, -0.2) is 49.5 Å². The van der Waals surface area contributed by atoms with Crippen molar-refractivity contribution in [3.05, 3.63) is 62.5 Å². The molecule has 2 aromatic rings. The van der Waals surface area contributed by atoms with E-state index in [1.807, 2.05) is 45.0 Å². The molecule has 0 aliphatic rings. The third kappa shape index (κ3) is 7.86. The molecule has 0 fully saturated rings. The van der Waals surface area contributed by atoms with E-state index in [2.05, 4.69) is 21.2 Å². The van der Waals surface area contributed by atoms with Crippen LogP contribution in [0.25, 0.3) is 0 Å². The molecule has 186 valence electrons. The predicted molar refractivity (Wildman–Crippen MR) is 141 cm³/mol. The molecule has 0 unspecified atom stereocenters. The summed E-state index contributed by atoms with van der Waals surface area (Å²) in [5.41, 5.74) is 0.351. The molecule has 1 atom stereocenters. The Morgan fingerprint density at radius 3 is 2.21 bits per heavy atom. The summed E-state index contributed by atoms with van der Waals surface area (Å²) in [6.07, 6.45) is 0.978. The van der Waals surface area contributed by atoms with Crippen LogP contribution in [-0.2, 0) is 26.2 Å². The van der Waals surface area contributed by atoms with Crippen molar-refractivity contribution < 1.29 is 18.0 Å². The molecule has 0 spiro atoms. The first-order chi connectivity index (χ1) is 15.6. The van der Waals surface area contributed by atoms with Crippen LogP contribution in [0.4, 0.5) is 5.69 Å². The van der Waals surface area contributed by atoms with Crippen LogP contribution in [0.5, 0.6) is 0 Å². The molecule has 1 N–H and O–H groups in total. The lowest BCUT2D eigenvalue weighted by atomic mass is 10.1. The molecular weight excluding hydrogens is 565 g/mol. The fraction of sp³-hybridized carbons (Fsp3) is 0.391. The standard InChI is InChI=1S/C23H28BrCl2N3O4S/c1-15(22(31)27-23(2,3)4)28(13-16-9-11-17(24)12-10-16)20(30)14-29(34(5,32)33)19-8-6-7-18(25)21(19)26/h6-12,15H,13-14H2,1-5H3,(H,27,31)/t15-/m0/s1. The maximum Gasteiger partial charge on any atom is 0.244 e. The molecular formula is C23H28BrCl2N3O4S. The van der Waals surface area contributed by atoms with E-state index in [-0.39, 0.29) is 28.2 Å². The largest absolute Gasteiger partial charge is 0.350 e. The molecule has 7 nitrogen and oxygen atoms in total. The number of carbonyl (C=O) groups is 2. The van der Waals surface area contributed by atoms with Crippen LogP contribution in [0, 0.1) is 0 Å². The van der Waals surface area contributed by atoms with Crippen molar-refractivity contribution in [2.45, 2.75) is 45.8 Å². The van der Waals surface area contributed by atoms with Crippen molar-refractivity contribution in [1.29, 1.82) is 0 Å². The molecule has 2 rings (SSSR count). The number of halogens is 3. The fourth-order valence-corrected chi connectivity index (χ4v) is 4.69. The minimum atomic E-state index is -3.90. The molecule has 0 saturated heterocycles. The Balaban J connectivity index is 2.44. The van der Waals surface area contributed by atoms with E-state index in [9.17, 15) is 18.0 Å². The highest BCUT2D eigenvalue weighted by Crippen LogP contribution is 2.33. The highest BCUT2D eigenvalue weighted by molar-refractivity contribution is 9.10. The summed E-state index contributed by atoms with van der Waals surface area (Å²) in [5, 5.41) is 3.04. The van der Waals surface area contributed by atoms with Gasteiger partial charge in [-0.3, -0.25) is 13.9 Å². The van der Waals surface area contributed by atoms with Crippen LogP contribution >= 0.6 is 39.1 Å². The minimum Gasteiger partial charge on any atom is -0.350 e. The number of hydrogen-bond acceptors (Lipinski definition) is 4. The first kappa shape index (κ1) is 28.4. The lowest BCUT2D eigenvalue weighted by Crippen LogP contribution is -2.54. The number of hydrogen-bond donors (Lipinski definition) is 1. The first-order valence-corrected chi connectivity index (χ1v) is 13.8. The van der Waals surface area contributed by atoms with Gasteiger partial charge in [-0.05, 0) is 57.5 Å². The van der Waals surface area contributed by atoms with Crippen LogP contribution < -0.4 is 9.62 Å². The van der Waals surface area contributed by atoms with E-state index in [0.29, 0.717) is 0 Å². The zero-order chi connectivity index (χ0) is 25.8. The summed E-state index contributed by atoms with van der Waals surface area (Å²) in [6, 6.07) is 11.0. The van der Waals surface area contributed by atoms with Gasteiger partial charge in [0.2, 0.25) is 21.8 Å². The number of nitrogens with zero attached hydrogens (tertiary/aromatic N) is 2. The van der Waals surface area contributed by atoms with Gasteiger partial charge in [-0.25, -0.2) is 8.42 Å². The molecule has 0 bridgehead atoms. The van der Waals surface area contributed by atoms with E-state index in [1.165, 1.54) is 17.0 Å². The van der Waals surface area contributed by atoms with Crippen molar-refractivity contribution in [1.82, 2.24) is 10.2 Å². The molecule has 0 saturated carbocycles. The molecule has 0 aromatic heterocycles. The minimum absolute atomic E-state index is 0.0142. The predicted octanol–water partition coefficient (Wildman–Crippen LogP) is 4.85. The zero-order valence-electron chi connectivity index (χ0n) is 19.6. The molecule has 0 aliphatic carbocycles. The average molecular weight is 593 g/mol. The Labute approximate surface area is 219 Å². The second kappa shape index (κ2) is 11.3. The number of rotatable bonds is 8. The first-order valence-electron chi connectivity index (χ1n) is 10.4. The van der Waals surface area contributed by atoms with Gasteiger partial charge in [0.15, 0.2) is 0 Å². The zero-order valence-corrected chi connectivity index (χ0v) is 23.5. The maximum atomic E-state index is 13.5. The van der Waals surface area contributed by atoms with E-state index >= 15 is 0 Å². The highest BCUT2D eigenvalue weighted by atomic mass is 79.9. The van der Waals surface area contributed by atoms with Crippen LogP contribution in [0.3, 0.4) is 0 Å². The Morgan fingerprint density at radius 1 is 1.09 bits per heavy atom. The number of nitrogens with one attached hydrogen (secondary N) is 1. The number of sulfonamides is 1. The van der Waals surface area contributed by atoms with Gasteiger partial charge in [0, 0.05) is 16.6 Å². The second-order valence-electron chi connectivity index (χ2n) is 8.91. The number of carbonyl (C=O) groups excluding carboxylic acids is 2. The molecule has 0 heterocycles. The van der Waals surface area contributed by atoms with Crippen molar-refractivity contribution in [2.24, 2.45) is 0 Å². The van der Waals surface area contributed by atoms with Gasteiger partial charge in [-0.2, -0.15) is 0 Å². The summed E-state index contributed by atoms with van der Waals surface area (Å²) in [4.78, 5) is 27.8. The van der Waals surface area contributed by atoms with Crippen LogP contribution in [0.2, 0.25) is 10.0 Å². The van der Waals surface area contributed by atoms with Crippen molar-refractivity contribution >= 4 is 66.7 Å². The summed E-state index contributed by atoms with van der Waals surface area (Å²) in [7, 11) is -3.90. The topological polar surface area (TPSA) is 86.8 Å².